The quantitative estimate of drug-likeness (QED) is 0.608. The Labute approximate surface area is 152 Å². The number of hydrogen-bond acceptors (Lipinski definition) is 5. The van der Waals surface area contributed by atoms with Gasteiger partial charge in [-0.05, 0) is 18.4 Å². The highest BCUT2D eigenvalue weighted by molar-refractivity contribution is 6.01. The van der Waals surface area contributed by atoms with Gasteiger partial charge < -0.3 is 14.8 Å². The van der Waals surface area contributed by atoms with E-state index in [9.17, 15) is 9.59 Å². The summed E-state index contributed by atoms with van der Waals surface area (Å²) in [5, 5.41) is 7.26. The Hall–Kier alpha value is -2.83. The molecular weight excluding hydrogens is 334 g/mol. The van der Waals surface area contributed by atoms with Crippen molar-refractivity contribution < 1.29 is 19.1 Å². The first-order valence-corrected chi connectivity index (χ1v) is 8.81. The van der Waals surface area contributed by atoms with Gasteiger partial charge in [0.2, 0.25) is 5.69 Å². The number of methoxy groups -OCH3 is 1. The van der Waals surface area contributed by atoms with Crippen LogP contribution in [0.3, 0.4) is 0 Å². The predicted molar refractivity (Wildman–Crippen MR) is 95.5 cm³/mol. The van der Waals surface area contributed by atoms with E-state index >= 15 is 0 Å². The van der Waals surface area contributed by atoms with Crippen LogP contribution < -0.4 is 10.1 Å². The van der Waals surface area contributed by atoms with Gasteiger partial charge in [0, 0.05) is 6.54 Å². The van der Waals surface area contributed by atoms with E-state index < -0.39 is 5.97 Å². The average molecular weight is 357 g/mol. The van der Waals surface area contributed by atoms with E-state index in [1.807, 2.05) is 37.3 Å². The van der Waals surface area contributed by atoms with Crippen LogP contribution in [0.1, 0.15) is 52.3 Å². The van der Waals surface area contributed by atoms with E-state index in [0.717, 1.165) is 18.4 Å². The van der Waals surface area contributed by atoms with Gasteiger partial charge in [0.05, 0.1) is 19.8 Å². The Morgan fingerprint density at radius 3 is 2.81 bits per heavy atom. The Kier molecular flexibility index (Phi) is 5.55. The highest BCUT2D eigenvalue weighted by Crippen LogP contribution is 2.31. The number of nitrogens with one attached hydrogen (secondary N) is 1. The summed E-state index contributed by atoms with van der Waals surface area (Å²) in [4.78, 5) is 24.6. The maximum atomic E-state index is 12.5. The summed E-state index contributed by atoms with van der Waals surface area (Å²) in [5.74, 6) is -0.686. The topological polar surface area (TPSA) is 82.5 Å². The summed E-state index contributed by atoms with van der Waals surface area (Å²) in [7, 11) is 1.29. The highest BCUT2D eigenvalue weighted by Gasteiger charge is 2.35. The fraction of sp³-hybridized carbons (Fsp3) is 0.421. The standard InChI is InChI=1S/C19H23N3O4/c1-3-4-10-26-17-15(19(24)25-2)21-22-14(12-20-18(23)16(17)22)11-13-8-6-5-7-9-13/h5-9,14H,3-4,10-12H2,1-2H3,(H,20,23). The zero-order valence-electron chi connectivity index (χ0n) is 15.0. The van der Waals surface area contributed by atoms with E-state index in [4.69, 9.17) is 9.47 Å². The molecule has 3 rings (SSSR count). The Balaban J connectivity index is 1.98. The second-order valence-corrected chi connectivity index (χ2v) is 6.22. The summed E-state index contributed by atoms with van der Waals surface area (Å²) in [6.07, 6.45) is 2.45. The van der Waals surface area contributed by atoms with Crippen molar-refractivity contribution in [2.45, 2.75) is 32.2 Å². The zero-order chi connectivity index (χ0) is 18.5. The zero-order valence-corrected chi connectivity index (χ0v) is 15.0. The molecule has 0 aliphatic carbocycles. The number of esters is 1. The lowest BCUT2D eigenvalue weighted by atomic mass is 10.0. The van der Waals surface area contributed by atoms with Crippen LogP contribution in [-0.2, 0) is 11.2 Å². The van der Waals surface area contributed by atoms with Gasteiger partial charge in [-0.15, -0.1) is 0 Å². The minimum atomic E-state index is -0.607. The molecule has 2 heterocycles. The van der Waals surface area contributed by atoms with Crippen molar-refractivity contribution in [3.8, 4) is 5.75 Å². The molecule has 0 saturated heterocycles. The molecule has 0 saturated carbocycles. The number of nitrogens with zero attached hydrogens (tertiary/aromatic N) is 2. The van der Waals surface area contributed by atoms with Crippen LogP contribution in [0.15, 0.2) is 30.3 Å². The minimum absolute atomic E-state index is 0.0497. The molecule has 1 aromatic carbocycles. The lowest BCUT2D eigenvalue weighted by Crippen LogP contribution is -2.40. The van der Waals surface area contributed by atoms with E-state index in [2.05, 4.69) is 10.4 Å². The predicted octanol–water partition coefficient (Wildman–Crippen LogP) is 2.38. The van der Waals surface area contributed by atoms with Crippen molar-refractivity contribution in [1.29, 1.82) is 0 Å². The van der Waals surface area contributed by atoms with Crippen LogP contribution in [0, 0.1) is 0 Å². The monoisotopic (exact) mass is 357 g/mol. The summed E-state index contributed by atoms with van der Waals surface area (Å²) in [5.41, 5.74) is 1.46. The molecule has 1 amide bonds. The first kappa shape index (κ1) is 18.0. The first-order valence-electron chi connectivity index (χ1n) is 8.81. The fourth-order valence-corrected chi connectivity index (χ4v) is 3.00. The molecule has 26 heavy (non-hydrogen) atoms. The van der Waals surface area contributed by atoms with Crippen molar-refractivity contribution in [3.05, 3.63) is 47.3 Å². The van der Waals surface area contributed by atoms with Gasteiger partial charge in [-0.3, -0.25) is 9.48 Å². The summed E-state index contributed by atoms with van der Waals surface area (Å²) < 4.78 is 12.2. The number of aromatic nitrogens is 2. The molecule has 0 bridgehead atoms. The molecule has 1 N–H and O–H groups in total. The third-order valence-corrected chi connectivity index (χ3v) is 4.36. The summed E-state index contributed by atoms with van der Waals surface area (Å²) in [6.45, 7) is 2.90. The number of carbonyl (C=O) groups excluding carboxylic acids is 2. The molecule has 0 spiro atoms. The number of fused-ring (bicyclic) bond motifs is 1. The maximum absolute atomic E-state index is 12.5. The number of hydrogen-bond donors (Lipinski definition) is 1. The molecule has 2 aromatic rings. The largest absolute Gasteiger partial charge is 0.489 e. The Morgan fingerprint density at radius 1 is 1.35 bits per heavy atom. The number of rotatable bonds is 7. The van der Waals surface area contributed by atoms with Crippen LogP contribution in [0.2, 0.25) is 0 Å². The van der Waals surface area contributed by atoms with Crippen LogP contribution in [0.25, 0.3) is 0 Å². The van der Waals surface area contributed by atoms with Crippen molar-refractivity contribution >= 4 is 11.9 Å². The maximum Gasteiger partial charge on any atom is 0.362 e. The van der Waals surface area contributed by atoms with Crippen LogP contribution in [0.5, 0.6) is 5.75 Å². The van der Waals surface area contributed by atoms with E-state index in [0.29, 0.717) is 19.6 Å². The average Bonchev–Trinajstić information content (AvgIpc) is 3.05. The van der Waals surface area contributed by atoms with Gasteiger partial charge in [-0.25, -0.2) is 4.79 Å². The molecule has 138 valence electrons. The second kappa shape index (κ2) is 8.03. The fourth-order valence-electron chi connectivity index (χ4n) is 3.00. The highest BCUT2D eigenvalue weighted by atomic mass is 16.5. The Morgan fingerprint density at radius 2 is 2.12 bits per heavy atom. The molecule has 1 atom stereocenters. The minimum Gasteiger partial charge on any atom is -0.489 e. The van der Waals surface area contributed by atoms with Crippen LogP contribution >= 0.6 is 0 Å². The first-order chi connectivity index (χ1) is 12.7. The van der Waals surface area contributed by atoms with E-state index in [1.165, 1.54) is 7.11 Å². The number of amides is 1. The third kappa shape index (κ3) is 3.56. The van der Waals surface area contributed by atoms with Gasteiger partial charge in [0.25, 0.3) is 5.91 Å². The molecular formula is C19H23N3O4. The van der Waals surface area contributed by atoms with Gasteiger partial charge in [-0.2, -0.15) is 5.10 Å². The molecule has 1 aliphatic heterocycles. The SMILES string of the molecule is CCCCOc1c(C(=O)OC)nn2c1C(=O)NCC2Cc1ccccc1. The smallest absolute Gasteiger partial charge is 0.362 e. The van der Waals surface area contributed by atoms with Crippen molar-refractivity contribution in [3.63, 3.8) is 0 Å². The molecule has 1 aliphatic rings. The molecule has 1 unspecified atom stereocenters. The molecule has 1 aromatic heterocycles. The molecule has 0 fully saturated rings. The third-order valence-electron chi connectivity index (χ3n) is 4.36. The van der Waals surface area contributed by atoms with Gasteiger partial charge >= 0.3 is 5.97 Å². The van der Waals surface area contributed by atoms with E-state index in [-0.39, 0.29) is 29.1 Å². The lowest BCUT2D eigenvalue weighted by molar-refractivity contribution is 0.0588. The van der Waals surface area contributed by atoms with E-state index in [1.54, 1.807) is 4.68 Å². The molecule has 7 nitrogen and oxygen atoms in total. The van der Waals surface area contributed by atoms with Gasteiger partial charge in [0.15, 0.2) is 11.4 Å². The number of carbonyl (C=O) groups is 2. The van der Waals surface area contributed by atoms with Crippen LogP contribution in [-0.4, -0.2) is 41.9 Å². The van der Waals surface area contributed by atoms with Crippen molar-refractivity contribution in [2.24, 2.45) is 0 Å². The van der Waals surface area contributed by atoms with Crippen molar-refractivity contribution in [2.75, 3.05) is 20.3 Å². The van der Waals surface area contributed by atoms with Crippen LogP contribution in [0.4, 0.5) is 0 Å². The summed E-state index contributed by atoms with van der Waals surface area (Å²) in [6, 6.07) is 9.86. The van der Waals surface area contributed by atoms with Gasteiger partial charge in [0.1, 0.15) is 0 Å². The number of unbranched alkanes of at least 4 members (excludes halogenated alkanes) is 1. The van der Waals surface area contributed by atoms with Crippen molar-refractivity contribution in [1.82, 2.24) is 15.1 Å². The molecule has 0 radical (unpaired) electrons. The normalized spacial score (nSPS) is 15.9. The second-order valence-electron chi connectivity index (χ2n) is 6.22. The number of benzene rings is 1. The Bertz CT molecular complexity index is 786. The van der Waals surface area contributed by atoms with Gasteiger partial charge in [-0.1, -0.05) is 43.7 Å². The molecule has 7 heteroatoms. The lowest BCUT2D eigenvalue weighted by Gasteiger charge is -2.25. The number of ether oxygens (including phenoxy) is 2. The summed E-state index contributed by atoms with van der Waals surface area (Å²) >= 11 is 0.